The number of nitrogens with one attached hydrogen (secondary N) is 1. The van der Waals surface area contributed by atoms with Gasteiger partial charge in [0.25, 0.3) is 0 Å². The van der Waals surface area contributed by atoms with Crippen molar-refractivity contribution in [1.82, 2.24) is 5.32 Å². The van der Waals surface area contributed by atoms with Gasteiger partial charge in [0.05, 0.1) is 6.10 Å². The highest BCUT2D eigenvalue weighted by molar-refractivity contribution is 4.77. The summed E-state index contributed by atoms with van der Waals surface area (Å²) in [5.41, 5.74) is 0.419. The lowest BCUT2D eigenvalue weighted by molar-refractivity contribution is 0.0977. The zero-order valence-electron chi connectivity index (χ0n) is 12.2. The van der Waals surface area contributed by atoms with Crippen molar-refractivity contribution in [3.05, 3.63) is 0 Å². The molecule has 1 heterocycles. The summed E-state index contributed by atoms with van der Waals surface area (Å²) in [4.78, 5) is 0. The van der Waals surface area contributed by atoms with Crippen LogP contribution in [0, 0.1) is 5.41 Å². The van der Waals surface area contributed by atoms with E-state index in [-0.39, 0.29) is 0 Å². The van der Waals surface area contributed by atoms with Gasteiger partial charge in [-0.3, -0.25) is 0 Å². The number of ether oxygens (including phenoxy) is 1. The number of hydrogen-bond acceptors (Lipinski definition) is 2. The Kier molecular flexibility index (Phi) is 6.50. The fraction of sp³-hybridized carbons (Fsp3) is 1.00. The van der Waals surface area contributed by atoms with Crippen molar-refractivity contribution in [2.75, 3.05) is 13.2 Å². The Morgan fingerprint density at radius 1 is 1.35 bits per heavy atom. The molecule has 0 bridgehead atoms. The predicted octanol–water partition coefficient (Wildman–Crippen LogP) is 3.75. The first-order valence-electron chi connectivity index (χ1n) is 7.36. The van der Waals surface area contributed by atoms with Gasteiger partial charge in [-0.2, -0.15) is 0 Å². The van der Waals surface area contributed by atoms with Crippen molar-refractivity contribution in [1.29, 1.82) is 0 Å². The molecule has 1 N–H and O–H groups in total. The summed E-state index contributed by atoms with van der Waals surface area (Å²) in [6, 6.07) is 0.666. The molecule has 2 atom stereocenters. The Labute approximate surface area is 108 Å². The van der Waals surface area contributed by atoms with Crippen molar-refractivity contribution in [3.63, 3.8) is 0 Å². The van der Waals surface area contributed by atoms with Gasteiger partial charge in [0.2, 0.25) is 0 Å². The lowest BCUT2D eigenvalue weighted by Gasteiger charge is -2.27. The van der Waals surface area contributed by atoms with Crippen LogP contribution in [0.15, 0.2) is 0 Å². The normalized spacial score (nSPS) is 22.9. The van der Waals surface area contributed by atoms with E-state index in [4.69, 9.17) is 4.74 Å². The first-order chi connectivity index (χ1) is 8.01. The van der Waals surface area contributed by atoms with E-state index in [1.54, 1.807) is 0 Å². The second-order valence-corrected chi connectivity index (χ2v) is 6.63. The van der Waals surface area contributed by atoms with E-state index in [0.717, 1.165) is 13.2 Å². The van der Waals surface area contributed by atoms with E-state index in [1.807, 2.05) is 0 Å². The van der Waals surface area contributed by atoms with Crippen LogP contribution < -0.4 is 5.32 Å². The molecular formula is C15H31NO. The standard InChI is InChI=1S/C15H31NO/c1-5-10-16-13(12-15(2,3)4)8-9-14-7-6-11-17-14/h13-14,16H,5-12H2,1-4H3. The second-order valence-electron chi connectivity index (χ2n) is 6.63. The van der Waals surface area contributed by atoms with Gasteiger partial charge in [-0.15, -0.1) is 0 Å². The van der Waals surface area contributed by atoms with E-state index in [2.05, 4.69) is 33.0 Å². The fourth-order valence-corrected chi connectivity index (χ4v) is 2.62. The first-order valence-corrected chi connectivity index (χ1v) is 7.36. The minimum atomic E-state index is 0.419. The summed E-state index contributed by atoms with van der Waals surface area (Å²) in [6.07, 6.45) is 8.06. The molecule has 2 nitrogen and oxygen atoms in total. The minimum absolute atomic E-state index is 0.419. The molecule has 0 amide bonds. The third-order valence-corrected chi connectivity index (χ3v) is 3.40. The molecule has 0 spiro atoms. The molecule has 0 saturated carbocycles. The third-order valence-electron chi connectivity index (χ3n) is 3.40. The molecule has 0 aromatic rings. The molecule has 1 aliphatic rings. The maximum Gasteiger partial charge on any atom is 0.0576 e. The van der Waals surface area contributed by atoms with E-state index in [9.17, 15) is 0 Å². The Hall–Kier alpha value is -0.0800. The molecule has 1 rings (SSSR count). The van der Waals surface area contributed by atoms with Crippen LogP contribution in [0.3, 0.4) is 0 Å². The molecule has 102 valence electrons. The molecule has 2 heteroatoms. The first kappa shape index (κ1) is 15.0. The Morgan fingerprint density at radius 3 is 2.65 bits per heavy atom. The SMILES string of the molecule is CCCNC(CCC1CCCO1)CC(C)(C)C. The van der Waals surface area contributed by atoms with Gasteiger partial charge in [0.15, 0.2) is 0 Å². The topological polar surface area (TPSA) is 21.3 Å². The van der Waals surface area contributed by atoms with Gasteiger partial charge < -0.3 is 10.1 Å². The maximum atomic E-state index is 5.71. The summed E-state index contributed by atoms with van der Waals surface area (Å²) in [7, 11) is 0. The predicted molar refractivity (Wildman–Crippen MR) is 74.4 cm³/mol. The summed E-state index contributed by atoms with van der Waals surface area (Å²) >= 11 is 0. The molecule has 17 heavy (non-hydrogen) atoms. The zero-order chi connectivity index (χ0) is 12.7. The summed E-state index contributed by atoms with van der Waals surface area (Å²) in [6.45, 7) is 11.4. The molecule has 0 aliphatic carbocycles. The van der Waals surface area contributed by atoms with Gasteiger partial charge in [0.1, 0.15) is 0 Å². The number of rotatable bonds is 7. The molecule has 1 aliphatic heterocycles. The van der Waals surface area contributed by atoms with Gasteiger partial charge in [-0.05, 0) is 50.5 Å². The number of hydrogen-bond donors (Lipinski definition) is 1. The third kappa shape index (κ3) is 7.05. The molecule has 0 aromatic carbocycles. The average Bonchev–Trinajstić information content (AvgIpc) is 2.73. The largest absolute Gasteiger partial charge is 0.378 e. The van der Waals surface area contributed by atoms with Crippen molar-refractivity contribution in [3.8, 4) is 0 Å². The van der Waals surface area contributed by atoms with Crippen LogP contribution in [-0.4, -0.2) is 25.3 Å². The second kappa shape index (κ2) is 7.38. The fourth-order valence-electron chi connectivity index (χ4n) is 2.62. The van der Waals surface area contributed by atoms with Crippen molar-refractivity contribution < 1.29 is 4.74 Å². The highest BCUT2D eigenvalue weighted by Gasteiger charge is 2.21. The van der Waals surface area contributed by atoms with Crippen molar-refractivity contribution in [2.24, 2.45) is 5.41 Å². The molecular weight excluding hydrogens is 210 g/mol. The Morgan fingerprint density at radius 2 is 2.12 bits per heavy atom. The van der Waals surface area contributed by atoms with E-state index in [0.29, 0.717) is 17.6 Å². The monoisotopic (exact) mass is 241 g/mol. The van der Waals surface area contributed by atoms with Crippen LogP contribution in [-0.2, 0) is 4.74 Å². The van der Waals surface area contributed by atoms with Crippen LogP contribution in [0.1, 0.15) is 66.2 Å². The van der Waals surface area contributed by atoms with Crippen LogP contribution >= 0.6 is 0 Å². The van der Waals surface area contributed by atoms with Gasteiger partial charge in [-0.25, -0.2) is 0 Å². The van der Waals surface area contributed by atoms with E-state index >= 15 is 0 Å². The highest BCUT2D eigenvalue weighted by atomic mass is 16.5. The lowest BCUT2D eigenvalue weighted by atomic mass is 9.86. The van der Waals surface area contributed by atoms with Crippen LogP contribution in [0.4, 0.5) is 0 Å². The van der Waals surface area contributed by atoms with Crippen LogP contribution in [0.5, 0.6) is 0 Å². The highest BCUT2D eigenvalue weighted by Crippen LogP contribution is 2.25. The maximum absolute atomic E-state index is 5.71. The van der Waals surface area contributed by atoms with Crippen molar-refractivity contribution in [2.45, 2.75) is 78.4 Å². The molecule has 2 unspecified atom stereocenters. The zero-order valence-corrected chi connectivity index (χ0v) is 12.2. The smallest absolute Gasteiger partial charge is 0.0576 e. The van der Waals surface area contributed by atoms with Gasteiger partial charge in [0, 0.05) is 12.6 Å². The lowest BCUT2D eigenvalue weighted by Crippen LogP contribution is -2.34. The van der Waals surface area contributed by atoms with Crippen LogP contribution in [0.2, 0.25) is 0 Å². The van der Waals surface area contributed by atoms with E-state index < -0.39 is 0 Å². The summed E-state index contributed by atoms with van der Waals surface area (Å²) in [5.74, 6) is 0. The summed E-state index contributed by atoms with van der Waals surface area (Å²) in [5, 5.41) is 3.69. The Bertz CT molecular complexity index is 192. The molecule has 0 radical (unpaired) electrons. The molecule has 1 saturated heterocycles. The summed E-state index contributed by atoms with van der Waals surface area (Å²) < 4.78 is 5.71. The van der Waals surface area contributed by atoms with Crippen molar-refractivity contribution >= 4 is 0 Å². The quantitative estimate of drug-likeness (QED) is 0.733. The molecule has 0 aromatic heterocycles. The minimum Gasteiger partial charge on any atom is -0.378 e. The van der Waals surface area contributed by atoms with Gasteiger partial charge in [-0.1, -0.05) is 27.7 Å². The van der Waals surface area contributed by atoms with Gasteiger partial charge >= 0.3 is 0 Å². The Balaban J connectivity index is 2.28. The average molecular weight is 241 g/mol. The molecule has 1 fully saturated rings. The van der Waals surface area contributed by atoms with E-state index in [1.165, 1.54) is 38.5 Å². The van der Waals surface area contributed by atoms with Crippen LogP contribution in [0.25, 0.3) is 0 Å².